The highest BCUT2D eigenvalue weighted by molar-refractivity contribution is 5.89. The van der Waals surface area contributed by atoms with E-state index in [1.165, 1.54) is 7.11 Å². The SMILES string of the molecule is COC(=O)c1cccc(CNc2cncc(OC(C)C)n2)c1. The van der Waals surface area contributed by atoms with Crippen molar-refractivity contribution >= 4 is 11.8 Å². The molecule has 0 aliphatic carbocycles. The number of hydrogen-bond acceptors (Lipinski definition) is 6. The molecule has 1 aromatic carbocycles. The largest absolute Gasteiger partial charge is 0.474 e. The van der Waals surface area contributed by atoms with Crippen molar-refractivity contribution < 1.29 is 14.3 Å². The van der Waals surface area contributed by atoms with Crippen molar-refractivity contribution in [3.8, 4) is 5.88 Å². The normalized spacial score (nSPS) is 10.4. The van der Waals surface area contributed by atoms with Crippen molar-refractivity contribution in [1.29, 1.82) is 0 Å². The molecule has 22 heavy (non-hydrogen) atoms. The number of carbonyl (C=O) groups is 1. The van der Waals surface area contributed by atoms with Crippen LogP contribution in [-0.4, -0.2) is 29.2 Å². The summed E-state index contributed by atoms with van der Waals surface area (Å²) in [5.74, 6) is 0.735. The number of aromatic nitrogens is 2. The van der Waals surface area contributed by atoms with Crippen molar-refractivity contribution in [2.75, 3.05) is 12.4 Å². The molecule has 0 bridgehead atoms. The number of esters is 1. The second-order valence-corrected chi connectivity index (χ2v) is 4.95. The Kier molecular flexibility index (Phi) is 5.30. The topological polar surface area (TPSA) is 73.3 Å². The minimum absolute atomic E-state index is 0.0429. The van der Waals surface area contributed by atoms with Crippen LogP contribution in [0, 0.1) is 0 Å². The third-order valence-electron chi connectivity index (χ3n) is 2.79. The summed E-state index contributed by atoms with van der Waals surface area (Å²) in [6, 6.07) is 7.22. The fraction of sp³-hybridized carbons (Fsp3) is 0.312. The highest BCUT2D eigenvalue weighted by atomic mass is 16.5. The van der Waals surface area contributed by atoms with Crippen LogP contribution >= 0.6 is 0 Å². The van der Waals surface area contributed by atoms with E-state index in [0.717, 1.165) is 5.56 Å². The lowest BCUT2D eigenvalue weighted by molar-refractivity contribution is 0.0600. The summed E-state index contributed by atoms with van der Waals surface area (Å²) in [6.07, 6.45) is 3.24. The molecule has 2 rings (SSSR count). The van der Waals surface area contributed by atoms with Crippen LogP contribution in [0.25, 0.3) is 0 Å². The third-order valence-corrected chi connectivity index (χ3v) is 2.79. The van der Waals surface area contributed by atoms with E-state index in [2.05, 4.69) is 15.3 Å². The van der Waals surface area contributed by atoms with Crippen molar-refractivity contribution in [3.05, 3.63) is 47.8 Å². The number of nitrogens with zero attached hydrogens (tertiary/aromatic N) is 2. The summed E-state index contributed by atoms with van der Waals surface area (Å²) in [6.45, 7) is 4.38. The van der Waals surface area contributed by atoms with E-state index < -0.39 is 0 Å². The molecule has 0 amide bonds. The molecule has 6 heteroatoms. The van der Waals surface area contributed by atoms with Crippen molar-refractivity contribution in [1.82, 2.24) is 9.97 Å². The second kappa shape index (κ2) is 7.40. The molecule has 1 N–H and O–H groups in total. The first-order chi connectivity index (χ1) is 10.6. The molecule has 0 saturated heterocycles. The molecular weight excluding hydrogens is 282 g/mol. The van der Waals surface area contributed by atoms with Gasteiger partial charge in [-0.15, -0.1) is 0 Å². The van der Waals surface area contributed by atoms with Gasteiger partial charge in [-0.05, 0) is 31.5 Å². The van der Waals surface area contributed by atoms with Gasteiger partial charge in [-0.25, -0.2) is 4.79 Å². The van der Waals surface area contributed by atoms with E-state index in [-0.39, 0.29) is 12.1 Å². The van der Waals surface area contributed by atoms with Gasteiger partial charge in [0.25, 0.3) is 0 Å². The number of nitrogens with one attached hydrogen (secondary N) is 1. The molecule has 0 saturated carbocycles. The molecule has 6 nitrogen and oxygen atoms in total. The van der Waals surface area contributed by atoms with Gasteiger partial charge in [-0.1, -0.05) is 12.1 Å². The first-order valence-corrected chi connectivity index (χ1v) is 6.98. The van der Waals surface area contributed by atoms with Gasteiger partial charge in [0, 0.05) is 6.54 Å². The fourth-order valence-electron chi connectivity index (χ4n) is 1.85. The lowest BCUT2D eigenvalue weighted by atomic mass is 10.1. The molecule has 0 fully saturated rings. The van der Waals surface area contributed by atoms with Crippen LogP contribution in [0.15, 0.2) is 36.7 Å². The summed E-state index contributed by atoms with van der Waals surface area (Å²) < 4.78 is 10.2. The van der Waals surface area contributed by atoms with Gasteiger partial charge in [0.15, 0.2) is 0 Å². The van der Waals surface area contributed by atoms with Gasteiger partial charge < -0.3 is 14.8 Å². The zero-order valence-corrected chi connectivity index (χ0v) is 12.9. The van der Waals surface area contributed by atoms with Crippen molar-refractivity contribution in [3.63, 3.8) is 0 Å². The maximum absolute atomic E-state index is 11.5. The Morgan fingerprint density at radius 3 is 2.86 bits per heavy atom. The smallest absolute Gasteiger partial charge is 0.337 e. The summed E-state index contributed by atoms with van der Waals surface area (Å²) in [7, 11) is 1.36. The lowest BCUT2D eigenvalue weighted by Gasteiger charge is -2.10. The van der Waals surface area contributed by atoms with Gasteiger partial charge in [-0.2, -0.15) is 4.98 Å². The second-order valence-electron chi connectivity index (χ2n) is 4.95. The zero-order valence-electron chi connectivity index (χ0n) is 12.9. The maximum Gasteiger partial charge on any atom is 0.337 e. The van der Waals surface area contributed by atoms with Crippen LogP contribution in [0.5, 0.6) is 5.88 Å². The quantitative estimate of drug-likeness (QED) is 0.827. The Balaban J connectivity index is 2.02. The Labute approximate surface area is 129 Å². The molecular formula is C16H19N3O3. The Morgan fingerprint density at radius 2 is 2.14 bits per heavy atom. The summed E-state index contributed by atoms with van der Waals surface area (Å²) in [4.78, 5) is 19.9. The van der Waals surface area contributed by atoms with Gasteiger partial charge in [0.1, 0.15) is 5.82 Å². The first-order valence-electron chi connectivity index (χ1n) is 6.98. The molecule has 0 aliphatic heterocycles. The molecule has 1 heterocycles. The van der Waals surface area contributed by atoms with Gasteiger partial charge >= 0.3 is 5.97 Å². The maximum atomic E-state index is 11.5. The Morgan fingerprint density at radius 1 is 1.32 bits per heavy atom. The monoisotopic (exact) mass is 301 g/mol. The first kappa shape index (κ1) is 15.8. The minimum Gasteiger partial charge on any atom is -0.474 e. The Hall–Kier alpha value is -2.63. The van der Waals surface area contributed by atoms with Crippen LogP contribution in [0.2, 0.25) is 0 Å². The van der Waals surface area contributed by atoms with E-state index in [1.807, 2.05) is 26.0 Å². The molecule has 0 atom stereocenters. The van der Waals surface area contributed by atoms with Crippen LogP contribution < -0.4 is 10.1 Å². The molecule has 0 aliphatic rings. The predicted octanol–water partition coefficient (Wildman–Crippen LogP) is 2.66. The molecule has 1 aromatic heterocycles. The standard InChI is InChI=1S/C16H19N3O3/c1-11(2)22-15-10-17-9-14(19-15)18-8-12-5-4-6-13(7-12)16(20)21-3/h4-7,9-11H,8H2,1-3H3,(H,18,19). The number of rotatable bonds is 6. The Bertz CT molecular complexity index is 644. The molecule has 116 valence electrons. The van der Waals surface area contributed by atoms with Gasteiger partial charge in [0.05, 0.1) is 31.2 Å². The summed E-state index contributed by atoms with van der Waals surface area (Å²) >= 11 is 0. The van der Waals surface area contributed by atoms with Gasteiger partial charge in [-0.3, -0.25) is 4.98 Å². The van der Waals surface area contributed by atoms with Crippen LogP contribution in [0.4, 0.5) is 5.82 Å². The van der Waals surface area contributed by atoms with E-state index in [9.17, 15) is 4.79 Å². The van der Waals surface area contributed by atoms with E-state index >= 15 is 0 Å². The average Bonchev–Trinajstić information content (AvgIpc) is 2.52. The lowest BCUT2D eigenvalue weighted by Crippen LogP contribution is -2.09. The highest BCUT2D eigenvalue weighted by Gasteiger charge is 2.06. The molecule has 2 aromatic rings. The van der Waals surface area contributed by atoms with E-state index in [4.69, 9.17) is 9.47 Å². The zero-order chi connectivity index (χ0) is 15.9. The predicted molar refractivity (Wildman–Crippen MR) is 82.9 cm³/mol. The third kappa shape index (κ3) is 4.44. The minimum atomic E-state index is -0.353. The van der Waals surface area contributed by atoms with Crippen molar-refractivity contribution in [2.24, 2.45) is 0 Å². The molecule has 0 unspecified atom stereocenters. The number of hydrogen-bond donors (Lipinski definition) is 1. The van der Waals surface area contributed by atoms with E-state index in [1.54, 1.807) is 24.5 Å². The van der Waals surface area contributed by atoms with Gasteiger partial charge in [0.2, 0.25) is 5.88 Å². The highest BCUT2D eigenvalue weighted by Crippen LogP contribution is 2.13. The number of benzene rings is 1. The van der Waals surface area contributed by atoms with Crippen molar-refractivity contribution in [2.45, 2.75) is 26.5 Å². The summed E-state index contributed by atoms with van der Waals surface area (Å²) in [5, 5.41) is 3.15. The molecule has 0 spiro atoms. The number of ether oxygens (including phenoxy) is 2. The number of carbonyl (C=O) groups excluding carboxylic acids is 1. The number of anilines is 1. The van der Waals surface area contributed by atoms with Crippen LogP contribution in [0.1, 0.15) is 29.8 Å². The van der Waals surface area contributed by atoms with Crippen LogP contribution in [0.3, 0.4) is 0 Å². The summed E-state index contributed by atoms with van der Waals surface area (Å²) in [5.41, 5.74) is 1.46. The van der Waals surface area contributed by atoms with Crippen LogP contribution in [-0.2, 0) is 11.3 Å². The average molecular weight is 301 g/mol. The fourth-order valence-corrected chi connectivity index (χ4v) is 1.85. The molecule has 0 radical (unpaired) electrons. The number of methoxy groups -OCH3 is 1. The van der Waals surface area contributed by atoms with E-state index in [0.29, 0.717) is 23.8 Å².